The highest BCUT2D eigenvalue weighted by Crippen LogP contribution is 2.21. The normalized spacial score (nSPS) is 10.8. The summed E-state index contributed by atoms with van der Waals surface area (Å²) in [6.07, 6.45) is 1.60. The van der Waals surface area contributed by atoms with Gasteiger partial charge in [-0.2, -0.15) is 5.10 Å². The number of ketones is 1. The molecule has 2 aromatic heterocycles. The van der Waals surface area contributed by atoms with Gasteiger partial charge in [0.1, 0.15) is 6.54 Å². The molecule has 0 bridgehead atoms. The number of nitro groups is 1. The van der Waals surface area contributed by atoms with Crippen molar-refractivity contribution < 1.29 is 9.72 Å². The fourth-order valence-corrected chi connectivity index (χ4v) is 2.61. The van der Waals surface area contributed by atoms with Crippen LogP contribution < -0.4 is 0 Å². The van der Waals surface area contributed by atoms with E-state index in [2.05, 4.69) is 5.10 Å². The summed E-state index contributed by atoms with van der Waals surface area (Å²) in [7, 11) is 0. The first kappa shape index (κ1) is 12.5. The van der Waals surface area contributed by atoms with Gasteiger partial charge in [-0.25, -0.2) is 0 Å². The highest BCUT2D eigenvalue weighted by Gasteiger charge is 2.13. The van der Waals surface area contributed by atoms with E-state index < -0.39 is 4.92 Å². The number of carbonyl (C=O) groups is 1. The molecule has 0 aliphatic carbocycles. The summed E-state index contributed by atoms with van der Waals surface area (Å²) in [4.78, 5) is 23.0. The van der Waals surface area contributed by atoms with Crippen molar-refractivity contribution in [3.8, 4) is 0 Å². The maximum Gasteiger partial charge on any atom is 0.271 e. The van der Waals surface area contributed by atoms with E-state index in [-0.39, 0.29) is 18.0 Å². The summed E-state index contributed by atoms with van der Waals surface area (Å²) in [5.74, 6) is -0.0588. The highest BCUT2D eigenvalue weighted by atomic mass is 32.1. The molecule has 0 radical (unpaired) electrons. The number of thiophene rings is 1. The molecule has 3 aromatic rings. The Morgan fingerprint density at radius 2 is 2.25 bits per heavy atom. The Bertz CT molecular complexity index is 792. The van der Waals surface area contributed by atoms with Crippen molar-refractivity contribution >= 4 is 33.7 Å². The van der Waals surface area contributed by atoms with E-state index in [0.717, 1.165) is 5.39 Å². The van der Waals surface area contributed by atoms with Gasteiger partial charge in [0.25, 0.3) is 5.69 Å². The molecule has 2 heterocycles. The fourth-order valence-electron chi connectivity index (χ4n) is 1.95. The van der Waals surface area contributed by atoms with Crippen LogP contribution >= 0.6 is 11.3 Å². The monoisotopic (exact) mass is 287 g/mol. The van der Waals surface area contributed by atoms with Crippen molar-refractivity contribution in [3.05, 3.63) is 56.9 Å². The molecule has 0 aliphatic rings. The van der Waals surface area contributed by atoms with Gasteiger partial charge in [-0.3, -0.25) is 19.6 Å². The quantitative estimate of drug-likeness (QED) is 0.420. The Kier molecular flexibility index (Phi) is 3.03. The first-order valence-electron chi connectivity index (χ1n) is 5.82. The maximum atomic E-state index is 12.1. The first-order chi connectivity index (χ1) is 9.65. The summed E-state index contributed by atoms with van der Waals surface area (Å²) in [6.45, 7) is 0.0746. The number of hydrogen-bond donors (Lipinski definition) is 0. The van der Waals surface area contributed by atoms with Gasteiger partial charge in [0, 0.05) is 17.5 Å². The first-order valence-corrected chi connectivity index (χ1v) is 6.70. The van der Waals surface area contributed by atoms with Crippen LogP contribution in [-0.4, -0.2) is 20.5 Å². The fraction of sp³-hybridized carbons (Fsp3) is 0.0769. The maximum absolute atomic E-state index is 12.1. The predicted octanol–water partition coefficient (Wildman–Crippen LogP) is 2.89. The summed E-state index contributed by atoms with van der Waals surface area (Å²) in [5.41, 5.74) is 0.576. The minimum absolute atomic E-state index is 0.0113. The van der Waals surface area contributed by atoms with E-state index in [0.29, 0.717) is 10.4 Å². The Labute approximate surface area is 117 Å². The van der Waals surface area contributed by atoms with Crippen molar-refractivity contribution in [2.75, 3.05) is 0 Å². The SMILES string of the molecule is O=C(Cn1ncc2ccc([N+](=O)[O-])cc21)c1cccs1. The number of aromatic nitrogens is 2. The highest BCUT2D eigenvalue weighted by molar-refractivity contribution is 7.12. The smallest absolute Gasteiger partial charge is 0.271 e. The molecule has 0 saturated heterocycles. The van der Waals surface area contributed by atoms with Crippen LogP contribution in [-0.2, 0) is 6.54 Å². The topological polar surface area (TPSA) is 78.0 Å². The molecule has 100 valence electrons. The molecule has 0 N–H and O–H groups in total. The number of nitrogens with zero attached hydrogens (tertiary/aromatic N) is 3. The standard InChI is InChI=1S/C13H9N3O3S/c17-12(13-2-1-5-20-13)8-15-11-6-10(16(18)19)4-3-9(11)7-14-15/h1-7H,8H2. The number of rotatable bonds is 4. The third-order valence-corrected chi connectivity index (χ3v) is 3.84. The van der Waals surface area contributed by atoms with Gasteiger partial charge in [0.15, 0.2) is 5.78 Å². The van der Waals surface area contributed by atoms with Crippen LogP contribution in [0.5, 0.6) is 0 Å². The van der Waals surface area contributed by atoms with Crippen LogP contribution in [0.4, 0.5) is 5.69 Å². The number of Topliss-reactive ketones (excluding diaryl/α,β-unsaturated/α-hetero) is 1. The molecule has 3 rings (SSSR count). The van der Waals surface area contributed by atoms with Crippen molar-refractivity contribution in [1.29, 1.82) is 0 Å². The second-order valence-electron chi connectivity index (χ2n) is 4.20. The molecule has 1 aromatic carbocycles. The molecular weight excluding hydrogens is 278 g/mol. The average molecular weight is 287 g/mol. The van der Waals surface area contributed by atoms with Crippen LogP contribution in [0.1, 0.15) is 9.67 Å². The minimum atomic E-state index is -0.460. The molecule has 20 heavy (non-hydrogen) atoms. The lowest BCUT2D eigenvalue weighted by molar-refractivity contribution is -0.384. The van der Waals surface area contributed by atoms with E-state index in [1.54, 1.807) is 18.3 Å². The molecule has 0 aliphatic heterocycles. The van der Waals surface area contributed by atoms with E-state index in [1.165, 1.54) is 28.2 Å². The summed E-state index contributed by atoms with van der Waals surface area (Å²) >= 11 is 1.37. The number of carbonyl (C=O) groups excluding carboxylic acids is 1. The van der Waals surface area contributed by atoms with Crippen molar-refractivity contribution in [1.82, 2.24) is 9.78 Å². The van der Waals surface area contributed by atoms with Crippen LogP contribution in [0, 0.1) is 10.1 Å². The Balaban J connectivity index is 1.97. The van der Waals surface area contributed by atoms with E-state index in [4.69, 9.17) is 0 Å². The zero-order valence-corrected chi connectivity index (χ0v) is 11.0. The summed E-state index contributed by atoms with van der Waals surface area (Å²) in [6, 6.07) is 8.05. The molecule has 6 nitrogen and oxygen atoms in total. The van der Waals surface area contributed by atoms with Crippen molar-refractivity contribution in [2.24, 2.45) is 0 Å². The third kappa shape index (κ3) is 2.19. The van der Waals surface area contributed by atoms with E-state index in [9.17, 15) is 14.9 Å². The van der Waals surface area contributed by atoms with Gasteiger partial charge in [0.2, 0.25) is 0 Å². The van der Waals surface area contributed by atoms with Gasteiger partial charge in [-0.05, 0) is 17.5 Å². The van der Waals surface area contributed by atoms with E-state index >= 15 is 0 Å². The number of nitro benzene ring substituents is 1. The number of hydrogen-bond acceptors (Lipinski definition) is 5. The van der Waals surface area contributed by atoms with Gasteiger partial charge in [-0.15, -0.1) is 11.3 Å². The van der Waals surface area contributed by atoms with Crippen LogP contribution in [0.15, 0.2) is 41.9 Å². The molecule has 0 fully saturated rings. The zero-order chi connectivity index (χ0) is 14.1. The molecule has 0 saturated carbocycles. The Morgan fingerprint density at radius 1 is 1.40 bits per heavy atom. The van der Waals surface area contributed by atoms with Gasteiger partial charge in [-0.1, -0.05) is 6.07 Å². The minimum Gasteiger partial charge on any atom is -0.291 e. The largest absolute Gasteiger partial charge is 0.291 e. The molecule has 7 heteroatoms. The van der Waals surface area contributed by atoms with Crippen molar-refractivity contribution in [2.45, 2.75) is 6.54 Å². The Hall–Kier alpha value is -2.54. The Morgan fingerprint density at radius 3 is 2.95 bits per heavy atom. The van der Waals surface area contributed by atoms with Crippen LogP contribution in [0.3, 0.4) is 0 Å². The predicted molar refractivity (Wildman–Crippen MR) is 75.0 cm³/mol. The lowest BCUT2D eigenvalue weighted by Crippen LogP contribution is -2.10. The lowest BCUT2D eigenvalue weighted by Gasteiger charge is -2.01. The zero-order valence-electron chi connectivity index (χ0n) is 10.2. The number of non-ortho nitro benzene ring substituents is 1. The second-order valence-corrected chi connectivity index (χ2v) is 5.15. The van der Waals surface area contributed by atoms with Crippen LogP contribution in [0.25, 0.3) is 10.9 Å². The average Bonchev–Trinajstić information content (AvgIpc) is 3.08. The van der Waals surface area contributed by atoms with Gasteiger partial charge in [0.05, 0.1) is 21.5 Å². The number of benzene rings is 1. The summed E-state index contributed by atoms with van der Waals surface area (Å²) in [5, 5.41) is 17.5. The third-order valence-electron chi connectivity index (χ3n) is 2.93. The second kappa shape index (κ2) is 4.86. The molecule has 0 spiro atoms. The van der Waals surface area contributed by atoms with Crippen LogP contribution in [0.2, 0.25) is 0 Å². The summed E-state index contributed by atoms with van der Waals surface area (Å²) < 4.78 is 1.49. The van der Waals surface area contributed by atoms with Gasteiger partial charge < -0.3 is 0 Å². The van der Waals surface area contributed by atoms with E-state index in [1.807, 2.05) is 11.4 Å². The molecule has 0 unspecified atom stereocenters. The van der Waals surface area contributed by atoms with Crippen molar-refractivity contribution in [3.63, 3.8) is 0 Å². The molecule has 0 amide bonds. The molecular formula is C13H9N3O3S. The lowest BCUT2D eigenvalue weighted by atomic mass is 10.2. The number of fused-ring (bicyclic) bond motifs is 1. The molecule has 0 atom stereocenters. The van der Waals surface area contributed by atoms with Gasteiger partial charge >= 0.3 is 0 Å².